The second-order valence-electron chi connectivity index (χ2n) is 7.85. The number of anilines is 2. The van der Waals surface area contributed by atoms with Gasteiger partial charge in [0.2, 0.25) is 11.9 Å². The SMILES string of the molecule is Nc1nc2c(ncn2COC(CO)CO)c(=O)[nH]1.Nc1nc2c(ncn2COC(CO)COP(=O)(O)O)c(=O)[nH]1. The third-order valence-corrected chi connectivity index (χ3v) is 5.41. The predicted molar refractivity (Wildman–Crippen MR) is 134 cm³/mol. The monoisotopic (exact) mass is 590 g/mol. The van der Waals surface area contributed by atoms with Crippen LogP contribution in [0.25, 0.3) is 22.3 Å². The molecule has 0 saturated carbocycles. The lowest BCUT2D eigenvalue weighted by molar-refractivity contribution is -0.0488. The van der Waals surface area contributed by atoms with Gasteiger partial charge in [-0.05, 0) is 0 Å². The van der Waals surface area contributed by atoms with Crippen molar-refractivity contribution in [3.05, 3.63) is 33.4 Å². The minimum atomic E-state index is -4.65. The van der Waals surface area contributed by atoms with Crippen molar-refractivity contribution in [3.63, 3.8) is 0 Å². The number of nitrogens with zero attached hydrogens (tertiary/aromatic N) is 6. The van der Waals surface area contributed by atoms with Crippen molar-refractivity contribution in [1.82, 2.24) is 39.0 Å². The standard InChI is InChI=1S/C9H14N5O7P.C9H13N5O4/c10-9-12-7-6(8(16)13-9)11-3-14(7)4-20-5(1-15)2-21-22(17,18)19;10-9-12-7-6(8(17)13-9)11-3-14(7)4-18-5(1-15)2-16/h3,5,15H,1-2,4H2,(H2,17,18,19)(H3,10,12,13,16);3,5,15-16H,1-2,4H2,(H3,10,12,13,17). The highest BCUT2D eigenvalue weighted by Gasteiger charge is 2.19. The highest BCUT2D eigenvalue weighted by molar-refractivity contribution is 7.46. The summed E-state index contributed by atoms with van der Waals surface area (Å²) in [4.78, 5) is 60.5. The second kappa shape index (κ2) is 13.5. The second-order valence-corrected chi connectivity index (χ2v) is 9.08. The van der Waals surface area contributed by atoms with Crippen molar-refractivity contribution in [1.29, 1.82) is 0 Å². The Labute approximate surface area is 222 Å². The summed E-state index contributed by atoms with van der Waals surface area (Å²) in [5.74, 6) is -0.113. The van der Waals surface area contributed by atoms with E-state index in [4.69, 9.17) is 46.0 Å². The summed E-state index contributed by atoms with van der Waals surface area (Å²) in [6.45, 7) is -1.83. The summed E-state index contributed by atoms with van der Waals surface area (Å²) in [6.07, 6.45) is 0.981. The van der Waals surface area contributed by atoms with Gasteiger partial charge in [-0.3, -0.25) is 33.2 Å². The fourth-order valence-corrected chi connectivity index (χ4v) is 3.36. The Hall–Kier alpha value is -3.79. The largest absolute Gasteiger partial charge is 0.469 e. The first kappa shape index (κ1) is 30.7. The molecule has 0 amide bonds. The Morgan fingerprint density at radius 3 is 1.65 bits per heavy atom. The third-order valence-electron chi connectivity index (χ3n) is 4.92. The maximum Gasteiger partial charge on any atom is 0.469 e. The number of aromatic nitrogens is 8. The molecule has 0 bridgehead atoms. The molecule has 0 fully saturated rings. The van der Waals surface area contributed by atoms with Crippen molar-refractivity contribution in [3.8, 4) is 0 Å². The Kier molecular flexibility index (Phi) is 10.4. The van der Waals surface area contributed by atoms with Gasteiger partial charge in [-0.25, -0.2) is 14.5 Å². The molecular weight excluding hydrogens is 563 g/mol. The summed E-state index contributed by atoms with van der Waals surface area (Å²) in [5.41, 5.74) is 10.6. The first-order valence-electron chi connectivity index (χ1n) is 11.1. The van der Waals surface area contributed by atoms with Crippen LogP contribution in [0.1, 0.15) is 0 Å². The number of hydrogen-bond acceptors (Lipinski definition) is 15. The van der Waals surface area contributed by atoms with Crippen molar-refractivity contribution in [2.75, 3.05) is 37.9 Å². The number of nitrogens with two attached hydrogens (primary N) is 2. The number of aliphatic hydroxyl groups is 3. The van der Waals surface area contributed by atoms with Crippen molar-refractivity contribution < 1.29 is 43.7 Å². The minimum absolute atomic E-state index is 0.00181. The smallest absolute Gasteiger partial charge is 0.394 e. The summed E-state index contributed by atoms with van der Waals surface area (Å²) >= 11 is 0. The van der Waals surface area contributed by atoms with Gasteiger partial charge >= 0.3 is 7.82 Å². The minimum Gasteiger partial charge on any atom is -0.394 e. The topological polar surface area (TPSA) is 325 Å². The normalized spacial score (nSPS) is 12.7. The molecule has 0 aromatic carbocycles. The van der Waals surface area contributed by atoms with E-state index in [1.807, 2.05) is 0 Å². The first-order valence-corrected chi connectivity index (χ1v) is 12.7. The Bertz CT molecular complexity index is 1570. The molecule has 0 radical (unpaired) electrons. The molecule has 0 saturated heterocycles. The van der Waals surface area contributed by atoms with Gasteiger partial charge in [-0.2, -0.15) is 9.97 Å². The summed E-state index contributed by atoms with van der Waals surface area (Å²) < 4.78 is 28.1. The van der Waals surface area contributed by atoms with Gasteiger partial charge < -0.3 is 46.0 Å². The van der Waals surface area contributed by atoms with Crippen LogP contribution in [0.4, 0.5) is 11.9 Å². The number of phosphoric ester groups is 1. The number of phosphoric acid groups is 1. The van der Waals surface area contributed by atoms with E-state index in [-0.39, 0.29) is 60.9 Å². The van der Waals surface area contributed by atoms with E-state index in [9.17, 15) is 14.2 Å². The van der Waals surface area contributed by atoms with E-state index in [0.717, 1.165) is 0 Å². The molecule has 0 aliphatic heterocycles. The van der Waals surface area contributed by atoms with Crippen molar-refractivity contribution in [2.24, 2.45) is 0 Å². The molecule has 4 aromatic heterocycles. The maximum absolute atomic E-state index is 11.6. The summed E-state index contributed by atoms with van der Waals surface area (Å²) in [5, 5.41) is 26.8. The van der Waals surface area contributed by atoms with E-state index < -0.39 is 44.4 Å². The average Bonchev–Trinajstić information content (AvgIpc) is 3.49. The van der Waals surface area contributed by atoms with Crippen LogP contribution in [0.2, 0.25) is 0 Å². The average molecular weight is 590 g/mol. The molecule has 22 heteroatoms. The number of rotatable bonds is 12. The lowest BCUT2D eigenvalue weighted by Crippen LogP contribution is -2.24. The van der Waals surface area contributed by atoms with Crippen LogP contribution >= 0.6 is 7.82 Å². The van der Waals surface area contributed by atoms with E-state index in [0.29, 0.717) is 0 Å². The molecule has 0 aliphatic rings. The Morgan fingerprint density at radius 1 is 0.825 bits per heavy atom. The lowest BCUT2D eigenvalue weighted by Gasteiger charge is -2.16. The Balaban J connectivity index is 0.000000225. The number of nitrogen functional groups attached to an aromatic ring is 2. The number of ether oxygens (including phenoxy) is 2. The molecule has 4 aromatic rings. The molecule has 1 unspecified atom stereocenters. The van der Waals surface area contributed by atoms with Gasteiger partial charge in [0.1, 0.15) is 25.7 Å². The van der Waals surface area contributed by atoms with Crippen LogP contribution in [0.15, 0.2) is 22.2 Å². The van der Waals surface area contributed by atoms with Gasteiger partial charge in [-0.1, -0.05) is 0 Å². The highest BCUT2D eigenvalue weighted by Crippen LogP contribution is 2.35. The molecule has 220 valence electrons. The summed E-state index contributed by atoms with van der Waals surface area (Å²) in [6, 6.07) is 0. The third kappa shape index (κ3) is 8.11. The van der Waals surface area contributed by atoms with E-state index >= 15 is 0 Å². The first-order chi connectivity index (χ1) is 18.9. The van der Waals surface area contributed by atoms with E-state index in [1.165, 1.54) is 21.8 Å². The van der Waals surface area contributed by atoms with Gasteiger partial charge in [0.25, 0.3) is 11.1 Å². The zero-order valence-corrected chi connectivity index (χ0v) is 21.4. The lowest BCUT2D eigenvalue weighted by atomic mass is 10.4. The number of aromatic amines is 2. The number of hydrogen-bond donors (Lipinski definition) is 9. The fourth-order valence-electron chi connectivity index (χ4n) is 3.00. The van der Waals surface area contributed by atoms with E-state index in [1.54, 1.807) is 0 Å². The molecule has 40 heavy (non-hydrogen) atoms. The van der Waals surface area contributed by atoms with Gasteiger partial charge in [0, 0.05) is 0 Å². The number of nitrogens with one attached hydrogen (secondary N) is 2. The van der Waals surface area contributed by atoms with Crippen LogP contribution in [0, 0.1) is 0 Å². The Morgan fingerprint density at radius 2 is 1.25 bits per heavy atom. The van der Waals surface area contributed by atoms with Crippen LogP contribution in [0.5, 0.6) is 0 Å². The number of fused-ring (bicyclic) bond motifs is 2. The van der Waals surface area contributed by atoms with Crippen LogP contribution in [-0.2, 0) is 32.0 Å². The van der Waals surface area contributed by atoms with Crippen LogP contribution in [0.3, 0.4) is 0 Å². The zero-order valence-electron chi connectivity index (χ0n) is 20.5. The molecule has 11 N–H and O–H groups in total. The molecule has 0 aliphatic carbocycles. The molecular formula is C18H27N10O11P. The number of H-pyrrole nitrogens is 2. The van der Waals surface area contributed by atoms with Crippen LogP contribution in [-0.4, -0.2) is 103 Å². The van der Waals surface area contributed by atoms with Gasteiger partial charge in [-0.15, -0.1) is 0 Å². The number of aliphatic hydroxyl groups excluding tert-OH is 3. The van der Waals surface area contributed by atoms with Crippen molar-refractivity contribution in [2.45, 2.75) is 25.7 Å². The molecule has 1 atom stereocenters. The molecule has 4 heterocycles. The summed E-state index contributed by atoms with van der Waals surface area (Å²) in [7, 11) is -4.65. The van der Waals surface area contributed by atoms with E-state index in [2.05, 4.69) is 34.4 Å². The van der Waals surface area contributed by atoms with Crippen molar-refractivity contribution >= 4 is 42.0 Å². The quantitative estimate of drug-likeness (QED) is 0.0713. The maximum atomic E-state index is 11.6. The fraction of sp³-hybridized carbons (Fsp3) is 0.444. The molecule has 0 spiro atoms. The highest BCUT2D eigenvalue weighted by atomic mass is 31.2. The predicted octanol–water partition coefficient (Wildman–Crippen LogP) is -3.82. The van der Waals surface area contributed by atoms with Gasteiger partial charge in [0.15, 0.2) is 22.3 Å². The molecule has 21 nitrogen and oxygen atoms in total. The van der Waals surface area contributed by atoms with Gasteiger partial charge in [0.05, 0.1) is 39.1 Å². The molecule has 4 rings (SSSR count). The van der Waals surface area contributed by atoms with Crippen LogP contribution < -0.4 is 22.6 Å². The zero-order chi connectivity index (χ0) is 29.4. The number of imidazole rings is 2.